The van der Waals surface area contributed by atoms with Gasteiger partial charge >= 0.3 is 0 Å². The van der Waals surface area contributed by atoms with Gasteiger partial charge in [-0.2, -0.15) is 0 Å². The van der Waals surface area contributed by atoms with Crippen LogP contribution in [0.25, 0.3) is 0 Å². The van der Waals surface area contributed by atoms with Crippen LogP contribution in [0.1, 0.15) is 26.2 Å². The zero-order chi connectivity index (χ0) is 19.9. The summed E-state index contributed by atoms with van der Waals surface area (Å²) in [7, 11) is 0. The number of anilines is 3. The lowest BCUT2D eigenvalue weighted by Crippen LogP contribution is -2.37. The second kappa shape index (κ2) is 9.94. The quantitative estimate of drug-likeness (QED) is 0.653. The molecule has 0 aliphatic carbocycles. The molecular formula is C20H25Cl2N5O. The Morgan fingerprint density at radius 3 is 2.71 bits per heavy atom. The van der Waals surface area contributed by atoms with Crippen LogP contribution >= 0.6 is 23.2 Å². The number of piperidine rings is 1. The molecular weight excluding hydrogens is 397 g/mol. The molecule has 0 bridgehead atoms. The van der Waals surface area contributed by atoms with Crippen LogP contribution in [0.4, 0.5) is 17.3 Å². The Kier molecular flexibility index (Phi) is 7.34. The van der Waals surface area contributed by atoms with Crippen molar-refractivity contribution in [3.05, 3.63) is 40.6 Å². The van der Waals surface area contributed by atoms with Crippen LogP contribution in [0.3, 0.4) is 0 Å². The fourth-order valence-corrected chi connectivity index (χ4v) is 4.01. The molecule has 2 aromatic rings. The number of nitrogens with one attached hydrogen (secondary N) is 2. The van der Waals surface area contributed by atoms with Gasteiger partial charge in [-0.25, -0.2) is 9.97 Å². The number of ketones is 1. The van der Waals surface area contributed by atoms with E-state index in [1.54, 1.807) is 24.5 Å². The number of benzene rings is 1. The van der Waals surface area contributed by atoms with E-state index in [0.717, 1.165) is 49.8 Å². The van der Waals surface area contributed by atoms with Gasteiger partial charge in [0, 0.05) is 47.9 Å². The molecule has 1 atom stereocenters. The summed E-state index contributed by atoms with van der Waals surface area (Å²) in [5.74, 6) is 2.24. The number of carbonyl (C=O) groups is 1. The van der Waals surface area contributed by atoms with E-state index in [2.05, 4.69) is 25.5 Å². The number of carbonyl (C=O) groups excluding carboxylic acids is 1. The molecule has 150 valence electrons. The van der Waals surface area contributed by atoms with E-state index in [4.69, 9.17) is 23.2 Å². The van der Waals surface area contributed by atoms with Crippen LogP contribution in [0.2, 0.25) is 10.0 Å². The Balaban J connectivity index is 1.52. The highest BCUT2D eigenvalue weighted by Crippen LogP contribution is 2.25. The third kappa shape index (κ3) is 5.97. The van der Waals surface area contributed by atoms with E-state index in [1.807, 2.05) is 13.0 Å². The topological polar surface area (TPSA) is 70.2 Å². The van der Waals surface area contributed by atoms with Gasteiger partial charge in [-0.05, 0) is 43.9 Å². The Morgan fingerprint density at radius 1 is 1.18 bits per heavy atom. The van der Waals surface area contributed by atoms with Gasteiger partial charge in [0.2, 0.25) is 0 Å². The predicted octanol–water partition coefficient (Wildman–Crippen LogP) is 4.50. The minimum atomic E-state index is 0.180. The first-order valence-electron chi connectivity index (χ1n) is 9.56. The van der Waals surface area contributed by atoms with Crippen molar-refractivity contribution in [1.82, 2.24) is 9.97 Å². The normalized spacial score (nSPS) is 16.7. The maximum atomic E-state index is 12.5. The van der Waals surface area contributed by atoms with Gasteiger partial charge in [0.1, 0.15) is 18.0 Å². The monoisotopic (exact) mass is 421 g/mol. The van der Waals surface area contributed by atoms with E-state index in [1.165, 1.54) is 0 Å². The molecule has 0 saturated carbocycles. The molecule has 1 fully saturated rings. The average Bonchev–Trinajstić information content (AvgIpc) is 2.66. The number of hydrogen-bond donors (Lipinski definition) is 2. The fourth-order valence-electron chi connectivity index (χ4n) is 3.49. The number of aromatic nitrogens is 2. The van der Waals surface area contributed by atoms with Gasteiger partial charge in [0.05, 0.1) is 6.54 Å². The molecule has 0 spiro atoms. The first-order chi connectivity index (χ1) is 13.5. The molecule has 28 heavy (non-hydrogen) atoms. The van der Waals surface area contributed by atoms with Crippen molar-refractivity contribution in [3.8, 4) is 0 Å². The SMILES string of the molecule is CCNc1cc(N2CCC[C@@H](CC(=O)CNc3cc(Cl)cc(Cl)c3)C2)ncn1. The summed E-state index contributed by atoms with van der Waals surface area (Å²) in [4.78, 5) is 23.3. The first kappa shape index (κ1) is 20.7. The zero-order valence-electron chi connectivity index (χ0n) is 15.9. The molecule has 1 aliphatic heterocycles. The largest absolute Gasteiger partial charge is 0.378 e. The predicted molar refractivity (Wildman–Crippen MR) is 116 cm³/mol. The number of nitrogens with zero attached hydrogens (tertiary/aromatic N) is 3. The number of Topliss-reactive ketones (excluding diaryl/α,β-unsaturated/α-hetero) is 1. The average molecular weight is 422 g/mol. The van der Waals surface area contributed by atoms with Gasteiger partial charge in [-0.1, -0.05) is 23.2 Å². The molecule has 1 aromatic carbocycles. The second-order valence-electron chi connectivity index (χ2n) is 7.00. The lowest BCUT2D eigenvalue weighted by molar-refractivity contribution is -0.118. The van der Waals surface area contributed by atoms with Crippen LogP contribution < -0.4 is 15.5 Å². The maximum Gasteiger partial charge on any atom is 0.152 e. The van der Waals surface area contributed by atoms with E-state index in [0.29, 0.717) is 22.4 Å². The molecule has 0 unspecified atom stereocenters. The Labute approximate surface area is 175 Å². The smallest absolute Gasteiger partial charge is 0.152 e. The molecule has 6 nitrogen and oxygen atoms in total. The lowest BCUT2D eigenvalue weighted by atomic mass is 9.93. The Morgan fingerprint density at radius 2 is 1.96 bits per heavy atom. The van der Waals surface area contributed by atoms with Crippen molar-refractivity contribution in [2.75, 3.05) is 41.7 Å². The molecule has 1 aliphatic rings. The molecule has 3 rings (SSSR count). The van der Waals surface area contributed by atoms with Gasteiger partial charge in [-0.3, -0.25) is 4.79 Å². The van der Waals surface area contributed by atoms with Crippen molar-refractivity contribution >= 4 is 46.3 Å². The number of hydrogen-bond acceptors (Lipinski definition) is 6. The molecule has 0 radical (unpaired) electrons. The molecule has 8 heteroatoms. The van der Waals surface area contributed by atoms with Crippen molar-refractivity contribution in [2.45, 2.75) is 26.2 Å². The minimum Gasteiger partial charge on any atom is -0.378 e. The molecule has 1 saturated heterocycles. The number of halogens is 2. The summed E-state index contributed by atoms with van der Waals surface area (Å²) in [5.41, 5.74) is 0.757. The van der Waals surface area contributed by atoms with Gasteiger partial charge < -0.3 is 15.5 Å². The highest BCUT2D eigenvalue weighted by Gasteiger charge is 2.23. The zero-order valence-corrected chi connectivity index (χ0v) is 17.4. The third-order valence-corrected chi connectivity index (χ3v) is 5.16. The van der Waals surface area contributed by atoms with Crippen molar-refractivity contribution in [2.24, 2.45) is 5.92 Å². The molecule has 2 N–H and O–H groups in total. The summed E-state index contributed by atoms with van der Waals surface area (Å²) in [6.45, 7) is 4.91. The van der Waals surface area contributed by atoms with Crippen molar-refractivity contribution in [1.29, 1.82) is 0 Å². The standard InChI is InChI=1S/C20H25Cl2N5O/c1-2-23-19-10-20(26-13-25-19)27-5-3-4-14(12-27)6-18(28)11-24-17-8-15(21)7-16(22)9-17/h7-10,13-14,24H,2-6,11-12H2,1H3,(H,23,25,26)/t14-/m0/s1. The highest BCUT2D eigenvalue weighted by atomic mass is 35.5. The summed E-state index contributed by atoms with van der Waals surface area (Å²) >= 11 is 12.0. The van der Waals surface area contributed by atoms with Crippen LogP contribution in [0.15, 0.2) is 30.6 Å². The summed E-state index contributed by atoms with van der Waals surface area (Å²) in [6.07, 6.45) is 4.23. The number of rotatable bonds is 8. The van der Waals surface area contributed by atoms with E-state index in [-0.39, 0.29) is 12.3 Å². The Bertz CT molecular complexity index is 797. The van der Waals surface area contributed by atoms with E-state index in [9.17, 15) is 4.79 Å². The first-order valence-corrected chi connectivity index (χ1v) is 10.3. The summed E-state index contributed by atoms with van der Waals surface area (Å²) < 4.78 is 0. The van der Waals surface area contributed by atoms with Crippen molar-refractivity contribution < 1.29 is 4.79 Å². The van der Waals surface area contributed by atoms with E-state index < -0.39 is 0 Å². The van der Waals surface area contributed by atoms with Crippen LogP contribution in [0.5, 0.6) is 0 Å². The Hall–Kier alpha value is -2.05. The second-order valence-corrected chi connectivity index (χ2v) is 7.87. The van der Waals surface area contributed by atoms with Gasteiger partial charge in [0.15, 0.2) is 5.78 Å². The molecule has 0 amide bonds. The van der Waals surface area contributed by atoms with Crippen LogP contribution in [-0.2, 0) is 4.79 Å². The molecule has 1 aromatic heterocycles. The molecule has 2 heterocycles. The summed E-state index contributed by atoms with van der Waals surface area (Å²) in [5, 5.41) is 7.43. The third-order valence-electron chi connectivity index (χ3n) is 4.72. The highest BCUT2D eigenvalue weighted by molar-refractivity contribution is 6.35. The fraction of sp³-hybridized carbons (Fsp3) is 0.450. The van der Waals surface area contributed by atoms with Crippen LogP contribution in [0, 0.1) is 5.92 Å². The lowest BCUT2D eigenvalue weighted by Gasteiger charge is -2.33. The maximum absolute atomic E-state index is 12.5. The van der Waals surface area contributed by atoms with Gasteiger partial charge in [0.25, 0.3) is 0 Å². The summed E-state index contributed by atoms with van der Waals surface area (Å²) in [6, 6.07) is 7.17. The van der Waals surface area contributed by atoms with Gasteiger partial charge in [-0.15, -0.1) is 0 Å². The minimum absolute atomic E-state index is 0.180. The van der Waals surface area contributed by atoms with E-state index >= 15 is 0 Å². The van der Waals surface area contributed by atoms with Crippen molar-refractivity contribution in [3.63, 3.8) is 0 Å². The van der Waals surface area contributed by atoms with Crippen LogP contribution in [-0.4, -0.2) is 41.9 Å².